The van der Waals surface area contributed by atoms with Crippen molar-refractivity contribution in [3.63, 3.8) is 0 Å². The molecule has 0 aliphatic rings. The number of nitrogens with one attached hydrogen (secondary N) is 2. The lowest BCUT2D eigenvalue weighted by Crippen LogP contribution is -2.29. The van der Waals surface area contributed by atoms with Gasteiger partial charge in [-0.25, -0.2) is 14.3 Å². The third-order valence-electron chi connectivity index (χ3n) is 4.03. The minimum absolute atomic E-state index is 0.276. The number of methoxy groups -OCH3 is 2. The van der Waals surface area contributed by atoms with E-state index in [1.165, 1.54) is 0 Å². The van der Waals surface area contributed by atoms with Crippen molar-refractivity contribution in [1.29, 1.82) is 0 Å². The molecule has 3 rings (SSSR count). The Morgan fingerprint density at radius 1 is 1.15 bits per heavy atom. The lowest BCUT2D eigenvalue weighted by Gasteiger charge is -2.11. The van der Waals surface area contributed by atoms with E-state index in [0.717, 1.165) is 29.7 Å². The SMILES string of the molecule is COc1cc(NC(=O)NCCCc2cnc3cc(C)nn3c2)cc(OC)c1. The predicted octanol–water partition coefficient (Wildman–Crippen LogP) is 2.81. The van der Waals surface area contributed by atoms with E-state index in [4.69, 9.17) is 9.47 Å². The van der Waals surface area contributed by atoms with Crippen LogP contribution in [0.15, 0.2) is 36.7 Å². The summed E-state index contributed by atoms with van der Waals surface area (Å²) in [5, 5.41) is 9.98. The fourth-order valence-corrected chi connectivity index (χ4v) is 2.71. The monoisotopic (exact) mass is 369 g/mol. The Morgan fingerprint density at radius 3 is 2.59 bits per heavy atom. The fraction of sp³-hybridized carbons (Fsp3) is 0.316. The van der Waals surface area contributed by atoms with Crippen LogP contribution in [0.3, 0.4) is 0 Å². The first-order valence-electron chi connectivity index (χ1n) is 8.66. The summed E-state index contributed by atoms with van der Waals surface area (Å²) in [5.74, 6) is 1.22. The van der Waals surface area contributed by atoms with Gasteiger partial charge in [-0.15, -0.1) is 0 Å². The van der Waals surface area contributed by atoms with E-state index in [1.54, 1.807) is 36.9 Å². The van der Waals surface area contributed by atoms with Gasteiger partial charge in [0.25, 0.3) is 0 Å². The highest BCUT2D eigenvalue weighted by Crippen LogP contribution is 2.25. The molecule has 0 aliphatic carbocycles. The Morgan fingerprint density at radius 2 is 1.89 bits per heavy atom. The Bertz CT molecular complexity index is 916. The molecule has 0 saturated heterocycles. The van der Waals surface area contributed by atoms with Crippen molar-refractivity contribution in [2.75, 3.05) is 26.1 Å². The van der Waals surface area contributed by atoms with Crippen molar-refractivity contribution in [3.05, 3.63) is 47.9 Å². The summed E-state index contributed by atoms with van der Waals surface area (Å²) in [6.45, 7) is 2.48. The molecule has 8 heteroatoms. The summed E-state index contributed by atoms with van der Waals surface area (Å²) in [7, 11) is 3.13. The molecule has 2 amide bonds. The van der Waals surface area contributed by atoms with Crippen LogP contribution < -0.4 is 20.1 Å². The molecule has 0 fully saturated rings. The zero-order chi connectivity index (χ0) is 19.2. The zero-order valence-corrected chi connectivity index (χ0v) is 15.7. The first-order valence-corrected chi connectivity index (χ1v) is 8.66. The number of rotatable bonds is 7. The molecule has 0 bridgehead atoms. The molecule has 0 spiro atoms. The number of carbonyl (C=O) groups is 1. The molecular weight excluding hydrogens is 346 g/mol. The highest BCUT2D eigenvalue weighted by atomic mass is 16.5. The van der Waals surface area contributed by atoms with Crippen LogP contribution in [0.25, 0.3) is 5.65 Å². The highest BCUT2D eigenvalue weighted by Gasteiger charge is 2.06. The van der Waals surface area contributed by atoms with E-state index in [0.29, 0.717) is 23.7 Å². The average Bonchev–Trinajstić information content (AvgIpc) is 3.04. The van der Waals surface area contributed by atoms with Crippen LogP contribution in [-0.2, 0) is 6.42 Å². The van der Waals surface area contributed by atoms with Gasteiger partial charge < -0.3 is 20.1 Å². The summed E-state index contributed by atoms with van der Waals surface area (Å²) in [6.07, 6.45) is 5.41. The summed E-state index contributed by atoms with van der Waals surface area (Å²) >= 11 is 0. The van der Waals surface area contributed by atoms with Gasteiger partial charge in [0.2, 0.25) is 0 Å². The molecule has 3 aromatic rings. The molecule has 142 valence electrons. The highest BCUT2D eigenvalue weighted by molar-refractivity contribution is 5.89. The molecule has 2 heterocycles. The zero-order valence-electron chi connectivity index (χ0n) is 15.7. The van der Waals surface area contributed by atoms with Gasteiger partial charge in [-0.05, 0) is 25.3 Å². The van der Waals surface area contributed by atoms with E-state index < -0.39 is 0 Å². The summed E-state index contributed by atoms with van der Waals surface area (Å²) < 4.78 is 12.2. The smallest absolute Gasteiger partial charge is 0.319 e. The van der Waals surface area contributed by atoms with E-state index in [1.807, 2.05) is 25.4 Å². The van der Waals surface area contributed by atoms with Crippen molar-refractivity contribution in [2.45, 2.75) is 19.8 Å². The summed E-state index contributed by atoms with van der Waals surface area (Å²) in [4.78, 5) is 16.5. The summed E-state index contributed by atoms with van der Waals surface area (Å²) in [5.41, 5.74) is 3.45. The fourth-order valence-electron chi connectivity index (χ4n) is 2.71. The number of nitrogens with zero attached hydrogens (tertiary/aromatic N) is 3. The molecule has 1 aromatic carbocycles. The van der Waals surface area contributed by atoms with E-state index >= 15 is 0 Å². The number of anilines is 1. The van der Waals surface area contributed by atoms with Crippen molar-refractivity contribution in [1.82, 2.24) is 19.9 Å². The number of hydrogen-bond donors (Lipinski definition) is 2. The number of aromatic nitrogens is 3. The standard InChI is InChI=1S/C19H23N5O3/c1-13-7-18-21-11-14(12-24(18)23-13)5-4-6-20-19(25)22-15-8-16(26-2)10-17(9-15)27-3/h7-12H,4-6H2,1-3H3,(H2,20,22,25). The molecule has 0 atom stereocenters. The molecule has 2 N–H and O–H groups in total. The topological polar surface area (TPSA) is 89.8 Å². The molecule has 0 aliphatic heterocycles. The van der Waals surface area contributed by atoms with Crippen molar-refractivity contribution in [3.8, 4) is 11.5 Å². The van der Waals surface area contributed by atoms with E-state index in [2.05, 4.69) is 20.7 Å². The van der Waals surface area contributed by atoms with Gasteiger partial charge in [0.05, 0.1) is 19.9 Å². The number of benzene rings is 1. The largest absolute Gasteiger partial charge is 0.497 e. The number of urea groups is 1. The van der Waals surface area contributed by atoms with Crippen molar-refractivity contribution < 1.29 is 14.3 Å². The maximum absolute atomic E-state index is 12.1. The number of hydrogen-bond acceptors (Lipinski definition) is 5. The minimum Gasteiger partial charge on any atom is -0.497 e. The van der Waals surface area contributed by atoms with Gasteiger partial charge in [0.1, 0.15) is 11.5 Å². The van der Waals surface area contributed by atoms with Crippen LogP contribution in [0, 0.1) is 6.92 Å². The van der Waals surface area contributed by atoms with Gasteiger partial charge in [0.15, 0.2) is 5.65 Å². The number of aryl methyl sites for hydroxylation is 2. The molecule has 27 heavy (non-hydrogen) atoms. The predicted molar refractivity (Wildman–Crippen MR) is 103 cm³/mol. The number of carbonyl (C=O) groups excluding carboxylic acids is 1. The molecule has 8 nitrogen and oxygen atoms in total. The lowest BCUT2D eigenvalue weighted by atomic mass is 10.2. The van der Waals surface area contributed by atoms with Crippen LogP contribution in [0.1, 0.15) is 17.7 Å². The Balaban J connectivity index is 1.47. The molecule has 0 unspecified atom stereocenters. The maximum atomic E-state index is 12.1. The van der Waals surface area contributed by atoms with Gasteiger partial charge >= 0.3 is 6.03 Å². The first kappa shape index (κ1) is 18.5. The van der Waals surface area contributed by atoms with Gasteiger partial charge in [-0.3, -0.25) is 0 Å². The van der Waals surface area contributed by atoms with Gasteiger partial charge in [0, 0.05) is 48.9 Å². The average molecular weight is 369 g/mol. The van der Waals surface area contributed by atoms with Crippen LogP contribution in [-0.4, -0.2) is 41.4 Å². The summed E-state index contributed by atoms with van der Waals surface area (Å²) in [6, 6.07) is 6.86. The second-order valence-electron chi connectivity index (χ2n) is 6.14. The van der Waals surface area contributed by atoms with E-state index in [9.17, 15) is 4.79 Å². The minimum atomic E-state index is -0.276. The number of ether oxygens (including phenoxy) is 2. The first-order chi connectivity index (χ1) is 13.1. The maximum Gasteiger partial charge on any atom is 0.319 e. The normalized spacial score (nSPS) is 10.6. The Kier molecular flexibility index (Phi) is 5.75. The molecule has 0 radical (unpaired) electrons. The van der Waals surface area contributed by atoms with Crippen LogP contribution in [0.2, 0.25) is 0 Å². The van der Waals surface area contributed by atoms with Crippen LogP contribution in [0.5, 0.6) is 11.5 Å². The second kappa shape index (κ2) is 8.39. The van der Waals surface area contributed by atoms with Gasteiger partial charge in [-0.1, -0.05) is 0 Å². The molecular formula is C19H23N5O3. The van der Waals surface area contributed by atoms with Crippen molar-refractivity contribution in [2.24, 2.45) is 0 Å². The van der Waals surface area contributed by atoms with Gasteiger partial charge in [-0.2, -0.15) is 5.10 Å². The Hall–Kier alpha value is -3.29. The van der Waals surface area contributed by atoms with Crippen LogP contribution >= 0.6 is 0 Å². The number of fused-ring (bicyclic) bond motifs is 1. The Labute approximate surface area is 157 Å². The third kappa shape index (κ3) is 4.87. The third-order valence-corrected chi connectivity index (χ3v) is 4.03. The molecule has 2 aromatic heterocycles. The van der Waals surface area contributed by atoms with Crippen LogP contribution in [0.4, 0.5) is 10.5 Å². The molecule has 0 saturated carbocycles. The lowest BCUT2D eigenvalue weighted by molar-refractivity contribution is 0.252. The van der Waals surface area contributed by atoms with E-state index in [-0.39, 0.29) is 6.03 Å². The second-order valence-corrected chi connectivity index (χ2v) is 6.14. The van der Waals surface area contributed by atoms with Crippen molar-refractivity contribution >= 4 is 17.4 Å². The number of amides is 2. The quantitative estimate of drug-likeness (QED) is 0.625.